The molecule has 1 nitrogen and oxygen atoms in total. The van der Waals surface area contributed by atoms with Crippen molar-refractivity contribution >= 4 is 15.9 Å². The number of para-hydroxylation sites is 1. The van der Waals surface area contributed by atoms with E-state index in [2.05, 4.69) is 36.7 Å². The van der Waals surface area contributed by atoms with Gasteiger partial charge in [0.25, 0.3) is 0 Å². The first kappa shape index (κ1) is 16.9. The van der Waals surface area contributed by atoms with E-state index in [0.29, 0.717) is 10.2 Å². The van der Waals surface area contributed by atoms with Gasteiger partial charge in [-0.2, -0.15) is 0 Å². The van der Waals surface area contributed by atoms with E-state index in [-0.39, 0.29) is 0 Å². The first-order valence-corrected chi connectivity index (χ1v) is 9.22. The van der Waals surface area contributed by atoms with Crippen LogP contribution in [0.4, 0.5) is 0 Å². The van der Waals surface area contributed by atoms with Crippen LogP contribution in [0.1, 0.15) is 52.9 Å². The number of rotatable bonds is 6. The van der Waals surface area contributed by atoms with Gasteiger partial charge in [-0.1, -0.05) is 61.3 Å². The molecule has 21 heavy (non-hydrogen) atoms. The predicted molar refractivity (Wildman–Crippen MR) is 94.2 cm³/mol. The minimum atomic E-state index is 0.397. The molecule has 0 aliphatic heterocycles. The standard InChI is InChI=1S/C19H29BrO/c1-15-10-11-17(18(20)14-15)19(2,3)12-7-13-21-16-8-5-4-6-9-16/h4-6,8-9,15,17-18H,7,10-14H2,1-3H3. The SMILES string of the molecule is CC1CCC(C(C)(C)CCCOc2ccccc2)C(Br)C1. The molecule has 0 spiro atoms. The number of halogens is 1. The third-order valence-electron chi connectivity index (χ3n) is 5.02. The van der Waals surface area contributed by atoms with Crippen LogP contribution in [0.2, 0.25) is 0 Å². The Morgan fingerprint density at radius 2 is 1.90 bits per heavy atom. The lowest BCUT2D eigenvalue weighted by molar-refractivity contribution is 0.126. The lowest BCUT2D eigenvalue weighted by atomic mass is 9.67. The van der Waals surface area contributed by atoms with Gasteiger partial charge in [-0.25, -0.2) is 0 Å². The lowest BCUT2D eigenvalue weighted by Crippen LogP contribution is -2.35. The van der Waals surface area contributed by atoms with E-state index in [1.807, 2.05) is 30.3 Å². The highest BCUT2D eigenvalue weighted by molar-refractivity contribution is 9.09. The van der Waals surface area contributed by atoms with Crippen LogP contribution in [0, 0.1) is 17.3 Å². The highest BCUT2D eigenvalue weighted by atomic mass is 79.9. The van der Waals surface area contributed by atoms with Gasteiger partial charge in [-0.3, -0.25) is 0 Å². The Labute approximate surface area is 138 Å². The first-order valence-electron chi connectivity index (χ1n) is 8.31. The van der Waals surface area contributed by atoms with E-state index in [1.165, 1.54) is 25.7 Å². The molecule has 0 bridgehead atoms. The molecule has 3 unspecified atom stereocenters. The van der Waals surface area contributed by atoms with Crippen LogP contribution in [0.25, 0.3) is 0 Å². The topological polar surface area (TPSA) is 9.23 Å². The summed E-state index contributed by atoms with van der Waals surface area (Å²) in [6, 6.07) is 10.1. The van der Waals surface area contributed by atoms with Gasteiger partial charge in [0, 0.05) is 4.83 Å². The van der Waals surface area contributed by atoms with E-state index < -0.39 is 0 Å². The highest BCUT2D eigenvalue weighted by Gasteiger charge is 2.37. The Bertz CT molecular complexity index is 415. The molecular formula is C19H29BrO. The van der Waals surface area contributed by atoms with Crippen molar-refractivity contribution in [2.75, 3.05) is 6.61 Å². The molecular weight excluding hydrogens is 324 g/mol. The molecule has 1 aromatic carbocycles. The second-order valence-corrected chi connectivity index (χ2v) is 8.47. The van der Waals surface area contributed by atoms with Gasteiger partial charge in [-0.05, 0) is 55.1 Å². The molecule has 0 aromatic heterocycles. The van der Waals surface area contributed by atoms with Gasteiger partial charge >= 0.3 is 0 Å². The Morgan fingerprint density at radius 3 is 2.57 bits per heavy atom. The summed E-state index contributed by atoms with van der Waals surface area (Å²) in [4.78, 5) is 0.686. The normalized spacial score (nSPS) is 26.6. The van der Waals surface area contributed by atoms with Crippen LogP contribution in [-0.4, -0.2) is 11.4 Å². The second-order valence-electron chi connectivity index (χ2n) is 7.29. The molecule has 1 aliphatic carbocycles. The third-order valence-corrected chi connectivity index (χ3v) is 6.03. The van der Waals surface area contributed by atoms with Crippen LogP contribution >= 0.6 is 15.9 Å². The van der Waals surface area contributed by atoms with Gasteiger partial charge < -0.3 is 4.74 Å². The fourth-order valence-corrected chi connectivity index (χ4v) is 5.23. The molecule has 118 valence electrons. The summed E-state index contributed by atoms with van der Waals surface area (Å²) < 4.78 is 5.82. The van der Waals surface area contributed by atoms with Gasteiger partial charge in [0.05, 0.1) is 6.61 Å². The molecule has 3 atom stereocenters. The Hall–Kier alpha value is -0.500. The van der Waals surface area contributed by atoms with Gasteiger partial charge in [-0.15, -0.1) is 0 Å². The smallest absolute Gasteiger partial charge is 0.119 e. The van der Waals surface area contributed by atoms with Crippen molar-refractivity contribution in [2.24, 2.45) is 17.3 Å². The quantitative estimate of drug-likeness (QED) is 0.445. The summed E-state index contributed by atoms with van der Waals surface area (Å²) in [5.74, 6) is 2.66. The Kier molecular flexibility index (Phi) is 6.16. The maximum Gasteiger partial charge on any atom is 0.119 e. The lowest BCUT2D eigenvalue weighted by Gasteiger charge is -2.42. The molecule has 1 saturated carbocycles. The summed E-state index contributed by atoms with van der Waals surface area (Å²) >= 11 is 3.95. The highest BCUT2D eigenvalue weighted by Crippen LogP contribution is 2.45. The maximum atomic E-state index is 5.82. The number of benzene rings is 1. The predicted octanol–water partition coefficient (Wildman–Crippen LogP) is 6.07. The average Bonchev–Trinajstić information content (AvgIpc) is 2.44. The van der Waals surface area contributed by atoms with Gasteiger partial charge in [0.1, 0.15) is 5.75 Å². The molecule has 2 rings (SSSR count). The van der Waals surface area contributed by atoms with Crippen LogP contribution in [0.5, 0.6) is 5.75 Å². The van der Waals surface area contributed by atoms with E-state index >= 15 is 0 Å². The Morgan fingerprint density at radius 1 is 1.19 bits per heavy atom. The Balaban J connectivity index is 1.76. The van der Waals surface area contributed by atoms with Crippen molar-refractivity contribution in [3.8, 4) is 5.75 Å². The summed E-state index contributed by atoms with van der Waals surface area (Å²) in [6.07, 6.45) is 6.45. The second kappa shape index (κ2) is 7.67. The molecule has 0 amide bonds. The van der Waals surface area contributed by atoms with Crippen molar-refractivity contribution in [1.82, 2.24) is 0 Å². The van der Waals surface area contributed by atoms with Crippen LogP contribution in [0.15, 0.2) is 30.3 Å². The third kappa shape index (κ3) is 5.02. The number of alkyl halides is 1. The van der Waals surface area contributed by atoms with Crippen molar-refractivity contribution in [2.45, 2.75) is 57.7 Å². The zero-order chi connectivity index (χ0) is 15.3. The minimum absolute atomic E-state index is 0.397. The molecule has 0 N–H and O–H groups in total. The van der Waals surface area contributed by atoms with Gasteiger partial charge in [0.2, 0.25) is 0 Å². The summed E-state index contributed by atoms with van der Waals surface area (Å²) in [5, 5.41) is 0. The molecule has 1 aliphatic rings. The van der Waals surface area contributed by atoms with Crippen molar-refractivity contribution in [3.05, 3.63) is 30.3 Å². The molecule has 0 saturated heterocycles. The minimum Gasteiger partial charge on any atom is -0.494 e. The van der Waals surface area contributed by atoms with E-state index in [1.54, 1.807) is 0 Å². The van der Waals surface area contributed by atoms with Crippen molar-refractivity contribution < 1.29 is 4.74 Å². The van der Waals surface area contributed by atoms with Crippen molar-refractivity contribution in [3.63, 3.8) is 0 Å². The maximum absolute atomic E-state index is 5.82. The fourth-order valence-electron chi connectivity index (χ4n) is 3.61. The van der Waals surface area contributed by atoms with Gasteiger partial charge in [0.15, 0.2) is 0 Å². The first-order chi connectivity index (χ1) is 9.99. The summed E-state index contributed by atoms with van der Waals surface area (Å²) in [7, 11) is 0. The zero-order valence-corrected chi connectivity index (χ0v) is 15.2. The van der Waals surface area contributed by atoms with Crippen LogP contribution in [0.3, 0.4) is 0 Å². The number of hydrogen-bond donors (Lipinski definition) is 0. The monoisotopic (exact) mass is 352 g/mol. The van der Waals surface area contributed by atoms with E-state index in [0.717, 1.165) is 30.6 Å². The summed E-state index contributed by atoms with van der Waals surface area (Å²) in [5.41, 5.74) is 0.397. The molecule has 0 heterocycles. The summed E-state index contributed by atoms with van der Waals surface area (Å²) in [6.45, 7) is 8.07. The number of ether oxygens (including phenoxy) is 1. The van der Waals surface area contributed by atoms with Crippen LogP contribution < -0.4 is 4.74 Å². The van der Waals surface area contributed by atoms with E-state index in [4.69, 9.17) is 4.74 Å². The molecule has 1 fully saturated rings. The number of hydrogen-bond acceptors (Lipinski definition) is 1. The van der Waals surface area contributed by atoms with E-state index in [9.17, 15) is 0 Å². The van der Waals surface area contributed by atoms with Crippen molar-refractivity contribution in [1.29, 1.82) is 0 Å². The fraction of sp³-hybridized carbons (Fsp3) is 0.684. The molecule has 1 aromatic rings. The largest absolute Gasteiger partial charge is 0.494 e. The molecule has 0 radical (unpaired) electrons. The molecule has 2 heteroatoms. The average molecular weight is 353 g/mol. The van der Waals surface area contributed by atoms with Crippen LogP contribution in [-0.2, 0) is 0 Å². The zero-order valence-electron chi connectivity index (χ0n) is 13.6.